The van der Waals surface area contributed by atoms with Gasteiger partial charge in [-0.2, -0.15) is 0 Å². The highest BCUT2D eigenvalue weighted by molar-refractivity contribution is 7.14. The quantitative estimate of drug-likeness (QED) is 0.461. The van der Waals surface area contributed by atoms with Crippen LogP contribution in [0.25, 0.3) is 22.2 Å². The van der Waals surface area contributed by atoms with Gasteiger partial charge in [-0.25, -0.2) is 4.98 Å². The number of hydrogen-bond donors (Lipinski definition) is 4. The summed E-state index contributed by atoms with van der Waals surface area (Å²) in [4.78, 5) is 33.3. The second kappa shape index (κ2) is 7.42. The first kappa shape index (κ1) is 19.9. The summed E-state index contributed by atoms with van der Waals surface area (Å²) in [5, 5.41) is 9.83. The Morgan fingerprint density at radius 1 is 1.12 bits per heavy atom. The minimum absolute atomic E-state index is 0.0628. The predicted molar refractivity (Wildman–Crippen MR) is 125 cm³/mol. The van der Waals surface area contributed by atoms with Crippen LogP contribution in [0.4, 0.5) is 5.13 Å². The number of carbonyl (C=O) groups excluding carboxylic acids is 2. The molecule has 2 amide bonds. The second-order valence-corrected chi connectivity index (χ2v) is 10.6. The van der Waals surface area contributed by atoms with Crippen LogP contribution in [0.2, 0.25) is 0 Å². The standard InChI is InChI=1S/C24H27N5O2S/c25-22(31)24(15-6-13-5-14(8-15)9-16(24)7-13)27-11-21(30)29-23-28-20(12-32-23)18-10-26-19-4-2-1-3-17(18)19/h1-4,10,12-16,26-27H,5-9,11H2,(H2,25,31)(H,28,29,30). The smallest absolute Gasteiger partial charge is 0.240 e. The normalized spacial score (nSPS) is 30.6. The fraction of sp³-hybridized carbons (Fsp3) is 0.458. The highest BCUT2D eigenvalue weighted by atomic mass is 32.1. The van der Waals surface area contributed by atoms with Crippen LogP contribution >= 0.6 is 11.3 Å². The highest BCUT2D eigenvalue weighted by Crippen LogP contribution is 2.58. The van der Waals surface area contributed by atoms with E-state index in [2.05, 4.69) is 26.7 Å². The molecule has 3 aromatic rings. The molecular weight excluding hydrogens is 422 g/mol. The van der Waals surface area contributed by atoms with E-state index in [1.54, 1.807) is 0 Å². The van der Waals surface area contributed by atoms with Crippen molar-refractivity contribution in [2.75, 3.05) is 11.9 Å². The molecule has 0 radical (unpaired) electrons. The number of carbonyl (C=O) groups is 2. The average molecular weight is 450 g/mol. The number of para-hydroxylation sites is 1. The lowest BCUT2D eigenvalue weighted by Crippen LogP contribution is -2.71. The molecule has 7 rings (SSSR count). The number of anilines is 1. The van der Waals surface area contributed by atoms with Crippen LogP contribution in [0, 0.1) is 23.7 Å². The van der Waals surface area contributed by atoms with E-state index in [0.717, 1.165) is 59.7 Å². The fourth-order valence-electron chi connectivity index (χ4n) is 6.83. The number of thiazole rings is 1. The van der Waals surface area contributed by atoms with Crippen LogP contribution in [0.5, 0.6) is 0 Å². The Morgan fingerprint density at radius 2 is 1.84 bits per heavy atom. The lowest BCUT2D eigenvalue weighted by Gasteiger charge is -2.60. The molecule has 5 N–H and O–H groups in total. The number of nitrogens with two attached hydrogens (primary N) is 1. The van der Waals surface area contributed by atoms with Crippen molar-refractivity contribution in [2.45, 2.75) is 37.6 Å². The molecule has 8 heteroatoms. The van der Waals surface area contributed by atoms with Crippen molar-refractivity contribution in [3.63, 3.8) is 0 Å². The van der Waals surface area contributed by atoms with Crippen LogP contribution in [0.3, 0.4) is 0 Å². The van der Waals surface area contributed by atoms with Gasteiger partial charge in [-0.05, 0) is 61.8 Å². The van der Waals surface area contributed by atoms with Gasteiger partial charge in [0.2, 0.25) is 11.8 Å². The zero-order valence-electron chi connectivity index (χ0n) is 17.8. The summed E-state index contributed by atoms with van der Waals surface area (Å²) in [6.07, 6.45) is 7.42. The van der Waals surface area contributed by atoms with E-state index in [-0.39, 0.29) is 30.2 Å². The molecule has 4 aliphatic carbocycles. The predicted octanol–water partition coefficient (Wildman–Crippen LogP) is 3.50. The van der Waals surface area contributed by atoms with E-state index >= 15 is 0 Å². The van der Waals surface area contributed by atoms with Crippen molar-refractivity contribution in [3.8, 4) is 11.3 Å². The second-order valence-electron chi connectivity index (χ2n) is 9.73. The van der Waals surface area contributed by atoms with Crippen LogP contribution < -0.4 is 16.4 Å². The minimum atomic E-state index is -0.747. The fourth-order valence-corrected chi connectivity index (χ4v) is 7.56. The van der Waals surface area contributed by atoms with Gasteiger partial charge in [-0.3, -0.25) is 14.9 Å². The van der Waals surface area contributed by atoms with Gasteiger partial charge in [0.05, 0.1) is 12.2 Å². The summed E-state index contributed by atoms with van der Waals surface area (Å²) in [5.41, 5.74) is 8.09. The number of amides is 2. The van der Waals surface area contributed by atoms with E-state index in [1.807, 2.05) is 29.8 Å². The van der Waals surface area contributed by atoms with Gasteiger partial charge in [-0.1, -0.05) is 18.2 Å². The number of primary amides is 1. The van der Waals surface area contributed by atoms with Crippen LogP contribution in [-0.4, -0.2) is 33.9 Å². The molecule has 0 saturated heterocycles. The zero-order chi connectivity index (χ0) is 21.9. The Bertz CT molecular complexity index is 1170. The van der Waals surface area contributed by atoms with Crippen molar-refractivity contribution in [1.82, 2.24) is 15.3 Å². The number of nitrogens with one attached hydrogen (secondary N) is 3. The average Bonchev–Trinajstić information content (AvgIpc) is 3.39. The van der Waals surface area contributed by atoms with E-state index in [0.29, 0.717) is 5.13 Å². The van der Waals surface area contributed by atoms with Gasteiger partial charge in [-0.15, -0.1) is 11.3 Å². The molecule has 4 bridgehead atoms. The summed E-state index contributed by atoms with van der Waals surface area (Å²) >= 11 is 1.40. The van der Waals surface area contributed by atoms with Crippen molar-refractivity contribution in [3.05, 3.63) is 35.8 Å². The molecule has 0 spiro atoms. The third-order valence-corrected chi connectivity index (χ3v) is 8.75. The summed E-state index contributed by atoms with van der Waals surface area (Å²) in [6, 6.07) is 8.07. The molecule has 32 heavy (non-hydrogen) atoms. The Labute approximate surface area is 190 Å². The lowest BCUT2D eigenvalue weighted by molar-refractivity contribution is -0.144. The Balaban J connectivity index is 1.15. The zero-order valence-corrected chi connectivity index (χ0v) is 18.6. The Morgan fingerprint density at radius 3 is 2.56 bits per heavy atom. The SMILES string of the molecule is NC(=O)C1(NCC(=O)Nc2nc(-c3c[nH]c4ccccc34)cs2)C2CC3CC(C2)CC1C3. The van der Waals surface area contributed by atoms with Crippen molar-refractivity contribution in [2.24, 2.45) is 29.4 Å². The third-order valence-electron chi connectivity index (χ3n) is 7.99. The maximum absolute atomic E-state index is 12.8. The molecule has 2 aromatic heterocycles. The molecule has 4 saturated carbocycles. The van der Waals surface area contributed by atoms with Gasteiger partial charge >= 0.3 is 0 Å². The summed E-state index contributed by atoms with van der Waals surface area (Å²) in [7, 11) is 0. The van der Waals surface area contributed by atoms with E-state index in [1.165, 1.54) is 17.8 Å². The molecule has 0 unspecified atom stereocenters. The molecule has 0 atom stereocenters. The number of rotatable bonds is 6. The van der Waals surface area contributed by atoms with Gasteiger partial charge in [0.15, 0.2) is 5.13 Å². The maximum atomic E-state index is 12.8. The third kappa shape index (κ3) is 3.08. The summed E-state index contributed by atoms with van der Waals surface area (Å²) in [6.45, 7) is 0.0628. The highest BCUT2D eigenvalue weighted by Gasteiger charge is 2.60. The molecule has 0 aliphatic heterocycles. The van der Waals surface area contributed by atoms with Gasteiger partial charge in [0, 0.05) is 28.0 Å². The molecule has 2 heterocycles. The van der Waals surface area contributed by atoms with E-state index in [9.17, 15) is 9.59 Å². The Hall–Kier alpha value is -2.71. The largest absolute Gasteiger partial charge is 0.368 e. The Kier molecular flexibility index (Phi) is 4.62. The molecule has 4 aliphatic rings. The molecular formula is C24H27N5O2S. The number of aromatic amines is 1. The summed E-state index contributed by atoms with van der Waals surface area (Å²) in [5.74, 6) is 1.45. The number of H-pyrrole nitrogens is 1. The minimum Gasteiger partial charge on any atom is -0.368 e. The van der Waals surface area contributed by atoms with Crippen molar-refractivity contribution in [1.29, 1.82) is 0 Å². The van der Waals surface area contributed by atoms with Gasteiger partial charge in [0.1, 0.15) is 5.54 Å². The monoisotopic (exact) mass is 449 g/mol. The van der Waals surface area contributed by atoms with E-state index < -0.39 is 5.54 Å². The first-order valence-corrected chi connectivity index (χ1v) is 12.3. The molecule has 1 aromatic carbocycles. The molecule has 166 valence electrons. The van der Waals surface area contributed by atoms with Crippen molar-refractivity contribution >= 4 is 39.2 Å². The summed E-state index contributed by atoms with van der Waals surface area (Å²) < 4.78 is 0. The maximum Gasteiger partial charge on any atom is 0.240 e. The molecule has 4 fully saturated rings. The lowest BCUT2D eigenvalue weighted by atomic mass is 9.48. The first-order chi connectivity index (χ1) is 15.5. The van der Waals surface area contributed by atoms with Crippen LogP contribution in [-0.2, 0) is 9.59 Å². The topological polar surface area (TPSA) is 113 Å². The van der Waals surface area contributed by atoms with E-state index in [4.69, 9.17) is 5.73 Å². The van der Waals surface area contributed by atoms with Crippen LogP contribution in [0.15, 0.2) is 35.8 Å². The number of hydrogen-bond acceptors (Lipinski definition) is 5. The number of aromatic nitrogens is 2. The number of fused-ring (bicyclic) bond motifs is 1. The van der Waals surface area contributed by atoms with Crippen molar-refractivity contribution < 1.29 is 9.59 Å². The van der Waals surface area contributed by atoms with Crippen LogP contribution in [0.1, 0.15) is 32.1 Å². The van der Waals surface area contributed by atoms with Gasteiger partial charge in [0.25, 0.3) is 0 Å². The molecule has 7 nitrogen and oxygen atoms in total. The first-order valence-electron chi connectivity index (χ1n) is 11.4. The number of benzene rings is 1. The van der Waals surface area contributed by atoms with Gasteiger partial charge < -0.3 is 16.0 Å². The number of nitrogens with zero attached hydrogens (tertiary/aromatic N) is 1.